The van der Waals surface area contributed by atoms with Gasteiger partial charge < -0.3 is 14.8 Å². The van der Waals surface area contributed by atoms with E-state index in [-0.39, 0.29) is 5.91 Å². The van der Waals surface area contributed by atoms with Gasteiger partial charge in [-0.1, -0.05) is 36.4 Å². The third-order valence-electron chi connectivity index (χ3n) is 3.84. The van der Waals surface area contributed by atoms with Gasteiger partial charge in [0, 0.05) is 13.0 Å². The molecule has 0 saturated heterocycles. The molecule has 4 heteroatoms. The third kappa shape index (κ3) is 4.49. The molecule has 2 aromatic rings. The summed E-state index contributed by atoms with van der Waals surface area (Å²) in [7, 11) is 3.22. The molecule has 4 nitrogen and oxygen atoms in total. The number of aryl methyl sites for hydroxylation is 2. The number of para-hydroxylation sites is 1. The Bertz CT molecular complexity index is 667. The van der Waals surface area contributed by atoms with Crippen molar-refractivity contribution in [3.8, 4) is 11.5 Å². The van der Waals surface area contributed by atoms with E-state index >= 15 is 0 Å². The topological polar surface area (TPSA) is 47.6 Å². The molecule has 0 saturated carbocycles. The zero-order valence-electron chi connectivity index (χ0n) is 13.9. The highest BCUT2D eigenvalue weighted by atomic mass is 16.5. The van der Waals surface area contributed by atoms with Gasteiger partial charge in [-0.25, -0.2) is 0 Å². The van der Waals surface area contributed by atoms with Gasteiger partial charge in [0.15, 0.2) is 11.5 Å². The molecule has 1 amide bonds. The molecule has 1 N–H and O–H groups in total. The quantitative estimate of drug-likeness (QED) is 0.853. The lowest BCUT2D eigenvalue weighted by atomic mass is 10.1. The molecule has 0 radical (unpaired) electrons. The average molecular weight is 313 g/mol. The fourth-order valence-corrected chi connectivity index (χ4v) is 2.49. The van der Waals surface area contributed by atoms with Crippen LogP contribution in [0.3, 0.4) is 0 Å². The summed E-state index contributed by atoms with van der Waals surface area (Å²) < 4.78 is 10.7. The summed E-state index contributed by atoms with van der Waals surface area (Å²) >= 11 is 0. The Morgan fingerprint density at radius 1 is 1.00 bits per heavy atom. The number of hydrogen-bond acceptors (Lipinski definition) is 3. The van der Waals surface area contributed by atoms with Crippen LogP contribution in [0.5, 0.6) is 11.5 Å². The molecule has 0 unspecified atom stereocenters. The maximum Gasteiger partial charge on any atom is 0.220 e. The molecule has 0 heterocycles. The van der Waals surface area contributed by atoms with Crippen molar-refractivity contribution in [1.82, 2.24) is 5.32 Å². The van der Waals surface area contributed by atoms with E-state index in [0.717, 1.165) is 11.1 Å². The number of amides is 1. The standard InChI is InChI=1S/C19H23NO3/c1-14-7-4-5-8-16(14)13-20-18(21)12-11-15-9-6-10-17(22-2)19(15)23-3/h4-10H,11-13H2,1-3H3,(H,20,21). The number of benzene rings is 2. The number of hydrogen-bond donors (Lipinski definition) is 1. The molecule has 0 aliphatic rings. The van der Waals surface area contributed by atoms with Crippen LogP contribution < -0.4 is 14.8 Å². The van der Waals surface area contributed by atoms with Crippen molar-refractivity contribution in [2.75, 3.05) is 14.2 Å². The second-order valence-corrected chi connectivity index (χ2v) is 5.36. The predicted octanol–water partition coefficient (Wildman–Crippen LogP) is 3.26. The Morgan fingerprint density at radius 3 is 2.43 bits per heavy atom. The monoisotopic (exact) mass is 313 g/mol. The van der Waals surface area contributed by atoms with E-state index in [4.69, 9.17) is 9.47 Å². The van der Waals surface area contributed by atoms with E-state index in [9.17, 15) is 4.79 Å². The highest BCUT2D eigenvalue weighted by Crippen LogP contribution is 2.31. The molecule has 0 spiro atoms. The minimum Gasteiger partial charge on any atom is -0.493 e. The van der Waals surface area contributed by atoms with Gasteiger partial charge in [0.05, 0.1) is 14.2 Å². The predicted molar refractivity (Wildman–Crippen MR) is 90.9 cm³/mol. The summed E-state index contributed by atoms with van der Waals surface area (Å²) in [6.45, 7) is 2.60. The van der Waals surface area contributed by atoms with Crippen LogP contribution in [0.4, 0.5) is 0 Å². The second-order valence-electron chi connectivity index (χ2n) is 5.36. The summed E-state index contributed by atoms with van der Waals surface area (Å²) in [6, 6.07) is 13.8. The Labute approximate surface area is 137 Å². The highest BCUT2D eigenvalue weighted by Gasteiger charge is 2.11. The van der Waals surface area contributed by atoms with E-state index in [0.29, 0.717) is 30.9 Å². The normalized spacial score (nSPS) is 10.2. The molecular weight excluding hydrogens is 290 g/mol. The number of rotatable bonds is 7. The molecule has 0 bridgehead atoms. The van der Waals surface area contributed by atoms with Crippen LogP contribution in [-0.4, -0.2) is 20.1 Å². The SMILES string of the molecule is COc1cccc(CCC(=O)NCc2ccccc2C)c1OC. The second kappa shape index (κ2) is 8.22. The minimum absolute atomic E-state index is 0.0260. The summed E-state index contributed by atoms with van der Waals surface area (Å²) in [4.78, 5) is 12.1. The molecule has 122 valence electrons. The summed E-state index contributed by atoms with van der Waals surface area (Å²) in [5, 5.41) is 2.97. The number of nitrogens with one attached hydrogen (secondary N) is 1. The van der Waals surface area contributed by atoms with Gasteiger partial charge >= 0.3 is 0 Å². The van der Waals surface area contributed by atoms with Gasteiger partial charge in [-0.2, -0.15) is 0 Å². The van der Waals surface area contributed by atoms with Gasteiger partial charge in [-0.3, -0.25) is 4.79 Å². The molecule has 0 aliphatic heterocycles. The first-order valence-corrected chi connectivity index (χ1v) is 7.66. The molecule has 2 rings (SSSR count). The maximum atomic E-state index is 12.1. The largest absolute Gasteiger partial charge is 0.493 e. The molecule has 2 aromatic carbocycles. The zero-order valence-corrected chi connectivity index (χ0v) is 13.9. The van der Waals surface area contributed by atoms with E-state index in [1.165, 1.54) is 5.56 Å². The first kappa shape index (κ1) is 16.9. The highest BCUT2D eigenvalue weighted by molar-refractivity contribution is 5.76. The van der Waals surface area contributed by atoms with Gasteiger partial charge in [-0.05, 0) is 36.1 Å². The Kier molecular flexibility index (Phi) is 6.03. The van der Waals surface area contributed by atoms with Crippen molar-refractivity contribution in [2.24, 2.45) is 0 Å². The van der Waals surface area contributed by atoms with Crippen LogP contribution >= 0.6 is 0 Å². The van der Waals surface area contributed by atoms with Crippen molar-refractivity contribution in [3.05, 3.63) is 59.2 Å². The van der Waals surface area contributed by atoms with Crippen LogP contribution in [0, 0.1) is 6.92 Å². The molecule has 0 fully saturated rings. The zero-order chi connectivity index (χ0) is 16.7. The molecule has 23 heavy (non-hydrogen) atoms. The lowest BCUT2D eigenvalue weighted by Crippen LogP contribution is -2.23. The van der Waals surface area contributed by atoms with Crippen LogP contribution in [0.15, 0.2) is 42.5 Å². The van der Waals surface area contributed by atoms with E-state index in [1.54, 1.807) is 14.2 Å². The Balaban J connectivity index is 1.91. The first-order chi connectivity index (χ1) is 11.2. The maximum absolute atomic E-state index is 12.1. The Morgan fingerprint density at radius 2 is 1.74 bits per heavy atom. The van der Waals surface area contributed by atoms with Crippen LogP contribution in [0.1, 0.15) is 23.1 Å². The Hall–Kier alpha value is -2.49. The fraction of sp³-hybridized carbons (Fsp3) is 0.316. The van der Waals surface area contributed by atoms with Crippen molar-refractivity contribution >= 4 is 5.91 Å². The van der Waals surface area contributed by atoms with Crippen molar-refractivity contribution < 1.29 is 14.3 Å². The third-order valence-corrected chi connectivity index (χ3v) is 3.84. The van der Waals surface area contributed by atoms with Crippen molar-refractivity contribution in [3.63, 3.8) is 0 Å². The molecule has 0 atom stereocenters. The van der Waals surface area contributed by atoms with Crippen LogP contribution in [0.2, 0.25) is 0 Å². The van der Waals surface area contributed by atoms with Crippen LogP contribution in [0.25, 0.3) is 0 Å². The summed E-state index contributed by atoms with van der Waals surface area (Å²) in [5.74, 6) is 1.41. The number of ether oxygens (including phenoxy) is 2. The molecule has 0 aromatic heterocycles. The summed E-state index contributed by atoms with van der Waals surface area (Å²) in [6.07, 6.45) is 1.02. The van der Waals surface area contributed by atoms with Gasteiger partial charge in [0.25, 0.3) is 0 Å². The average Bonchev–Trinajstić information content (AvgIpc) is 2.58. The summed E-state index contributed by atoms with van der Waals surface area (Å²) in [5.41, 5.74) is 3.29. The fourth-order valence-electron chi connectivity index (χ4n) is 2.49. The van der Waals surface area contributed by atoms with Crippen LogP contribution in [-0.2, 0) is 17.8 Å². The van der Waals surface area contributed by atoms with Crippen molar-refractivity contribution in [2.45, 2.75) is 26.3 Å². The molecular formula is C19H23NO3. The lowest BCUT2D eigenvalue weighted by molar-refractivity contribution is -0.121. The van der Waals surface area contributed by atoms with Gasteiger partial charge in [-0.15, -0.1) is 0 Å². The van der Waals surface area contributed by atoms with E-state index < -0.39 is 0 Å². The smallest absolute Gasteiger partial charge is 0.220 e. The lowest BCUT2D eigenvalue weighted by Gasteiger charge is -2.12. The number of methoxy groups -OCH3 is 2. The van der Waals surface area contributed by atoms with Crippen molar-refractivity contribution in [1.29, 1.82) is 0 Å². The first-order valence-electron chi connectivity index (χ1n) is 7.66. The minimum atomic E-state index is 0.0260. The molecule has 0 aliphatic carbocycles. The van der Waals surface area contributed by atoms with E-state index in [2.05, 4.69) is 5.32 Å². The van der Waals surface area contributed by atoms with Gasteiger partial charge in [0.1, 0.15) is 0 Å². The number of carbonyl (C=O) groups is 1. The number of carbonyl (C=O) groups excluding carboxylic acids is 1. The van der Waals surface area contributed by atoms with Gasteiger partial charge in [0.2, 0.25) is 5.91 Å². The van der Waals surface area contributed by atoms with E-state index in [1.807, 2.05) is 49.4 Å².